The molecule has 15 heavy (non-hydrogen) atoms. The minimum atomic E-state index is 0.366. The van der Waals surface area contributed by atoms with Gasteiger partial charge in [0, 0.05) is 25.2 Å². The molecule has 1 aromatic rings. The quantitative estimate of drug-likeness (QED) is 0.812. The smallest absolute Gasteiger partial charge is 0.118 e. The van der Waals surface area contributed by atoms with Crippen molar-refractivity contribution in [2.45, 2.75) is 19.0 Å². The van der Waals surface area contributed by atoms with E-state index in [9.17, 15) is 0 Å². The summed E-state index contributed by atoms with van der Waals surface area (Å²) in [6, 6.07) is 9.07. The molecule has 1 atom stereocenters. The summed E-state index contributed by atoms with van der Waals surface area (Å²) >= 11 is 0. The molecule has 1 aromatic carbocycles. The molecule has 1 heterocycles. The number of ether oxygens (including phenoxy) is 1. The molecule has 0 amide bonds. The van der Waals surface area contributed by atoms with E-state index in [0.717, 1.165) is 18.8 Å². The van der Waals surface area contributed by atoms with Gasteiger partial charge >= 0.3 is 0 Å². The van der Waals surface area contributed by atoms with Crippen LogP contribution in [0.2, 0.25) is 0 Å². The predicted octanol–water partition coefficient (Wildman–Crippen LogP) is 1.40. The molecule has 0 bridgehead atoms. The van der Waals surface area contributed by atoms with Gasteiger partial charge in [-0.15, -0.1) is 0 Å². The van der Waals surface area contributed by atoms with Gasteiger partial charge in [-0.3, -0.25) is 4.90 Å². The molecule has 0 radical (unpaired) electrons. The number of nitrogens with two attached hydrogens (primary N) is 1. The van der Waals surface area contributed by atoms with E-state index in [2.05, 4.69) is 24.0 Å². The van der Waals surface area contributed by atoms with Crippen molar-refractivity contribution in [3.8, 4) is 5.75 Å². The Hall–Kier alpha value is -1.06. The molecule has 1 unspecified atom stereocenters. The lowest BCUT2D eigenvalue weighted by Gasteiger charge is -2.41. The molecule has 1 aliphatic heterocycles. The van der Waals surface area contributed by atoms with Gasteiger partial charge in [0.25, 0.3) is 0 Å². The van der Waals surface area contributed by atoms with Crippen LogP contribution in [0.5, 0.6) is 5.75 Å². The van der Waals surface area contributed by atoms with Crippen molar-refractivity contribution in [3.05, 3.63) is 29.8 Å². The number of hydrogen-bond acceptors (Lipinski definition) is 3. The van der Waals surface area contributed by atoms with Crippen LogP contribution < -0.4 is 10.5 Å². The molecule has 82 valence electrons. The van der Waals surface area contributed by atoms with Crippen molar-refractivity contribution in [2.24, 2.45) is 5.73 Å². The number of nitrogens with zero attached hydrogens (tertiary/aromatic N) is 1. The van der Waals surface area contributed by atoms with Crippen LogP contribution in [0.15, 0.2) is 24.3 Å². The highest BCUT2D eigenvalue weighted by molar-refractivity contribution is 5.29. The van der Waals surface area contributed by atoms with Crippen molar-refractivity contribution in [2.75, 3.05) is 20.2 Å². The van der Waals surface area contributed by atoms with E-state index in [0.29, 0.717) is 12.1 Å². The van der Waals surface area contributed by atoms with Crippen LogP contribution in [0, 0.1) is 0 Å². The maximum Gasteiger partial charge on any atom is 0.118 e. The Bertz CT molecular complexity index is 317. The number of likely N-dealkylation sites (tertiary alicyclic amines) is 1. The molecule has 2 rings (SSSR count). The fourth-order valence-electron chi connectivity index (χ4n) is 1.96. The molecule has 1 aliphatic rings. The lowest BCUT2D eigenvalue weighted by atomic mass is 10.0. The van der Waals surface area contributed by atoms with Crippen LogP contribution in [0.25, 0.3) is 0 Å². The highest BCUT2D eigenvalue weighted by atomic mass is 16.5. The van der Waals surface area contributed by atoms with Gasteiger partial charge in [0.05, 0.1) is 7.11 Å². The van der Waals surface area contributed by atoms with Gasteiger partial charge in [0.1, 0.15) is 5.75 Å². The van der Waals surface area contributed by atoms with Crippen molar-refractivity contribution < 1.29 is 4.74 Å². The first kappa shape index (κ1) is 10.5. The molecule has 0 aliphatic carbocycles. The van der Waals surface area contributed by atoms with E-state index < -0.39 is 0 Å². The topological polar surface area (TPSA) is 38.5 Å². The Morgan fingerprint density at radius 3 is 2.40 bits per heavy atom. The predicted molar refractivity (Wildman–Crippen MR) is 61.0 cm³/mol. The lowest BCUT2D eigenvalue weighted by molar-refractivity contribution is 0.103. The number of methoxy groups -OCH3 is 1. The van der Waals surface area contributed by atoms with Crippen LogP contribution >= 0.6 is 0 Å². The summed E-state index contributed by atoms with van der Waals surface area (Å²) in [4.78, 5) is 2.38. The van der Waals surface area contributed by atoms with Crippen LogP contribution in [-0.4, -0.2) is 31.1 Å². The highest BCUT2D eigenvalue weighted by Gasteiger charge is 2.27. The first-order valence-electron chi connectivity index (χ1n) is 5.34. The summed E-state index contributed by atoms with van der Waals surface area (Å²) in [7, 11) is 1.69. The average molecular weight is 206 g/mol. The van der Waals surface area contributed by atoms with Crippen molar-refractivity contribution >= 4 is 0 Å². The normalized spacial score (nSPS) is 19.7. The third-order valence-electron chi connectivity index (χ3n) is 3.08. The lowest BCUT2D eigenvalue weighted by Crippen LogP contribution is -2.56. The zero-order valence-corrected chi connectivity index (χ0v) is 9.31. The number of hydrogen-bond donors (Lipinski definition) is 1. The van der Waals surface area contributed by atoms with E-state index in [1.165, 1.54) is 5.56 Å². The molecule has 0 aromatic heterocycles. The van der Waals surface area contributed by atoms with E-state index in [1.54, 1.807) is 7.11 Å². The Kier molecular flexibility index (Phi) is 2.93. The molecular formula is C12H18N2O. The van der Waals surface area contributed by atoms with E-state index in [1.807, 2.05) is 12.1 Å². The maximum atomic E-state index is 5.77. The van der Waals surface area contributed by atoms with Crippen molar-refractivity contribution in [1.29, 1.82) is 0 Å². The highest BCUT2D eigenvalue weighted by Crippen LogP contribution is 2.25. The maximum absolute atomic E-state index is 5.77. The fourth-order valence-corrected chi connectivity index (χ4v) is 1.96. The zero-order valence-electron chi connectivity index (χ0n) is 9.31. The van der Waals surface area contributed by atoms with Gasteiger partial charge in [-0.05, 0) is 24.6 Å². The molecule has 0 spiro atoms. The van der Waals surface area contributed by atoms with Gasteiger partial charge < -0.3 is 10.5 Å². The summed E-state index contributed by atoms with van der Waals surface area (Å²) < 4.78 is 5.13. The molecular weight excluding hydrogens is 188 g/mol. The van der Waals surface area contributed by atoms with Crippen LogP contribution in [0.1, 0.15) is 18.5 Å². The number of benzene rings is 1. The minimum absolute atomic E-state index is 0.366. The van der Waals surface area contributed by atoms with Gasteiger partial charge in [0.2, 0.25) is 0 Å². The Morgan fingerprint density at radius 2 is 1.93 bits per heavy atom. The minimum Gasteiger partial charge on any atom is -0.497 e. The van der Waals surface area contributed by atoms with Crippen LogP contribution in [-0.2, 0) is 0 Å². The summed E-state index contributed by atoms with van der Waals surface area (Å²) in [5.74, 6) is 0.909. The van der Waals surface area contributed by atoms with Gasteiger partial charge in [-0.2, -0.15) is 0 Å². The molecule has 1 fully saturated rings. The zero-order chi connectivity index (χ0) is 10.8. The second kappa shape index (κ2) is 4.21. The number of rotatable bonds is 3. The SMILES string of the molecule is COc1ccc(C(C)N2CC(N)C2)cc1. The van der Waals surface area contributed by atoms with E-state index >= 15 is 0 Å². The first-order chi connectivity index (χ1) is 7.20. The van der Waals surface area contributed by atoms with Gasteiger partial charge in [0.15, 0.2) is 0 Å². The summed E-state index contributed by atoms with van der Waals surface area (Å²) in [5.41, 5.74) is 7.09. The van der Waals surface area contributed by atoms with Crippen molar-refractivity contribution in [1.82, 2.24) is 4.90 Å². The standard InChI is InChI=1S/C12H18N2O/c1-9(14-7-11(13)8-14)10-3-5-12(15-2)6-4-10/h3-6,9,11H,7-8,13H2,1-2H3. The largest absolute Gasteiger partial charge is 0.497 e. The molecule has 2 N–H and O–H groups in total. The Balaban J connectivity index is 2.02. The van der Waals surface area contributed by atoms with Crippen LogP contribution in [0.3, 0.4) is 0 Å². The molecule has 3 heteroatoms. The summed E-state index contributed by atoms with van der Waals surface area (Å²) in [6.45, 7) is 4.23. The third-order valence-corrected chi connectivity index (χ3v) is 3.08. The van der Waals surface area contributed by atoms with E-state index in [4.69, 9.17) is 10.5 Å². The van der Waals surface area contributed by atoms with Crippen molar-refractivity contribution in [3.63, 3.8) is 0 Å². The monoisotopic (exact) mass is 206 g/mol. The molecule has 0 saturated carbocycles. The van der Waals surface area contributed by atoms with E-state index in [-0.39, 0.29) is 0 Å². The average Bonchev–Trinajstić information content (AvgIpc) is 2.24. The molecule has 1 saturated heterocycles. The van der Waals surface area contributed by atoms with Gasteiger partial charge in [-0.25, -0.2) is 0 Å². The summed E-state index contributed by atoms with van der Waals surface area (Å²) in [5, 5.41) is 0. The first-order valence-corrected chi connectivity index (χ1v) is 5.34. The second-order valence-corrected chi connectivity index (χ2v) is 4.16. The van der Waals surface area contributed by atoms with Crippen LogP contribution in [0.4, 0.5) is 0 Å². The summed E-state index contributed by atoms with van der Waals surface area (Å²) in [6.07, 6.45) is 0. The Labute approximate surface area is 90.8 Å². The van der Waals surface area contributed by atoms with Gasteiger partial charge in [-0.1, -0.05) is 12.1 Å². The Morgan fingerprint density at radius 1 is 1.33 bits per heavy atom. The third kappa shape index (κ3) is 2.13. The molecule has 3 nitrogen and oxygen atoms in total. The second-order valence-electron chi connectivity index (χ2n) is 4.16. The fraction of sp³-hybridized carbons (Fsp3) is 0.500.